The highest BCUT2D eigenvalue weighted by molar-refractivity contribution is 5.70. The maximum absolute atomic E-state index is 12.6. The standard InChI is InChI=1S/C17H26N2O2/c1-5-17(14-9-7-6-8-10-14)13-18-11-12-19(17)15(20)21-16(2,3)4/h6-10,18H,5,11-13H2,1-4H3. The molecule has 0 saturated carbocycles. The van der Waals surface area contributed by atoms with E-state index in [1.165, 1.54) is 0 Å². The van der Waals surface area contributed by atoms with Crippen LogP contribution in [0.1, 0.15) is 39.7 Å². The summed E-state index contributed by atoms with van der Waals surface area (Å²) in [5.74, 6) is 0. The van der Waals surface area contributed by atoms with E-state index in [2.05, 4.69) is 24.4 Å². The number of ether oxygens (including phenoxy) is 1. The van der Waals surface area contributed by atoms with E-state index < -0.39 is 5.60 Å². The second-order valence-electron chi connectivity index (χ2n) is 6.56. The smallest absolute Gasteiger partial charge is 0.411 e. The van der Waals surface area contributed by atoms with Crippen LogP contribution in [-0.4, -0.2) is 36.2 Å². The maximum Gasteiger partial charge on any atom is 0.411 e. The lowest BCUT2D eigenvalue weighted by Gasteiger charge is -2.47. The summed E-state index contributed by atoms with van der Waals surface area (Å²) >= 11 is 0. The molecule has 1 N–H and O–H groups in total. The summed E-state index contributed by atoms with van der Waals surface area (Å²) < 4.78 is 5.62. The third kappa shape index (κ3) is 3.38. The quantitative estimate of drug-likeness (QED) is 0.910. The normalized spacial score (nSPS) is 23.0. The number of hydrogen-bond acceptors (Lipinski definition) is 3. The van der Waals surface area contributed by atoms with Gasteiger partial charge in [-0.25, -0.2) is 4.79 Å². The van der Waals surface area contributed by atoms with Crippen LogP contribution >= 0.6 is 0 Å². The van der Waals surface area contributed by atoms with Gasteiger partial charge in [0.05, 0.1) is 5.54 Å². The fourth-order valence-corrected chi connectivity index (χ4v) is 2.90. The predicted molar refractivity (Wildman–Crippen MR) is 84.2 cm³/mol. The van der Waals surface area contributed by atoms with E-state index in [4.69, 9.17) is 4.74 Å². The molecule has 1 heterocycles. The second-order valence-corrected chi connectivity index (χ2v) is 6.56. The second kappa shape index (κ2) is 6.06. The number of benzene rings is 1. The molecule has 1 aromatic carbocycles. The van der Waals surface area contributed by atoms with E-state index in [0.29, 0.717) is 6.54 Å². The molecule has 4 nitrogen and oxygen atoms in total. The van der Waals surface area contributed by atoms with Crippen molar-refractivity contribution in [2.45, 2.75) is 45.3 Å². The third-order valence-electron chi connectivity index (χ3n) is 3.96. The molecule has 1 aliphatic rings. The van der Waals surface area contributed by atoms with Gasteiger partial charge < -0.3 is 10.1 Å². The van der Waals surface area contributed by atoms with Gasteiger partial charge in [-0.2, -0.15) is 0 Å². The maximum atomic E-state index is 12.6. The zero-order valence-corrected chi connectivity index (χ0v) is 13.5. The summed E-state index contributed by atoms with van der Waals surface area (Å²) in [6, 6.07) is 10.2. The van der Waals surface area contributed by atoms with Crippen molar-refractivity contribution in [3.8, 4) is 0 Å². The van der Waals surface area contributed by atoms with E-state index in [1.807, 2.05) is 43.9 Å². The average molecular weight is 290 g/mol. The molecule has 2 rings (SSSR count). The summed E-state index contributed by atoms with van der Waals surface area (Å²) in [4.78, 5) is 14.5. The van der Waals surface area contributed by atoms with Crippen molar-refractivity contribution in [1.29, 1.82) is 0 Å². The topological polar surface area (TPSA) is 41.6 Å². The van der Waals surface area contributed by atoms with Gasteiger partial charge >= 0.3 is 6.09 Å². The Morgan fingerprint density at radius 1 is 1.33 bits per heavy atom. The molecule has 116 valence electrons. The lowest BCUT2D eigenvalue weighted by atomic mass is 9.84. The van der Waals surface area contributed by atoms with Gasteiger partial charge in [-0.1, -0.05) is 37.3 Å². The van der Waals surface area contributed by atoms with Crippen molar-refractivity contribution in [1.82, 2.24) is 10.2 Å². The van der Waals surface area contributed by atoms with E-state index >= 15 is 0 Å². The molecule has 1 atom stereocenters. The molecule has 0 aliphatic carbocycles. The number of nitrogens with zero attached hydrogens (tertiary/aromatic N) is 1. The molecule has 1 amide bonds. The van der Waals surface area contributed by atoms with Gasteiger partial charge in [0.15, 0.2) is 0 Å². The lowest BCUT2D eigenvalue weighted by Crippen LogP contribution is -2.61. The minimum Gasteiger partial charge on any atom is -0.444 e. The van der Waals surface area contributed by atoms with Gasteiger partial charge in [-0.3, -0.25) is 4.90 Å². The molecular formula is C17H26N2O2. The summed E-state index contributed by atoms with van der Waals surface area (Å²) in [5, 5.41) is 3.42. The van der Waals surface area contributed by atoms with Gasteiger partial charge in [0.2, 0.25) is 0 Å². The van der Waals surface area contributed by atoms with Gasteiger partial charge in [0.25, 0.3) is 0 Å². The monoisotopic (exact) mass is 290 g/mol. The van der Waals surface area contributed by atoms with Crippen LogP contribution in [0.2, 0.25) is 0 Å². The number of carbonyl (C=O) groups is 1. The zero-order valence-electron chi connectivity index (χ0n) is 13.5. The average Bonchev–Trinajstić information content (AvgIpc) is 2.46. The molecule has 1 aromatic rings. The molecule has 1 aliphatic heterocycles. The van der Waals surface area contributed by atoms with Crippen LogP contribution in [0, 0.1) is 0 Å². The Kier molecular flexibility index (Phi) is 4.57. The van der Waals surface area contributed by atoms with Crippen molar-refractivity contribution < 1.29 is 9.53 Å². The van der Waals surface area contributed by atoms with Crippen molar-refractivity contribution in [3.63, 3.8) is 0 Å². The summed E-state index contributed by atoms with van der Waals surface area (Å²) in [5.41, 5.74) is 0.352. The highest BCUT2D eigenvalue weighted by atomic mass is 16.6. The van der Waals surface area contributed by atoms with E-state index in [-0.39, 0.29) is 11.6 Å². The first-order chi connectivity index (χ1) is 9.89. The van der Waals surface area contributed by atoms with Crippen LogP contribution in [0.5, 0.6) is 0 Å². The number of amides is 1. The summed E-state index contributed by atoms with van der Waals surface area (Å²) in [6.07, 6.45) is 0.623. The first-order valence-corrected chi connectivity index (χ1v) is 7.66. The van der Waals surface area contributed by atoms with Crippen LogP contribution in [-0.2, 0) is 10.3 Å². The zero-order chi connectivity index (χ0) is 15.5. The fraction of sp³-hybridized carbons (Fsp3) is 0.588. The Bertz CT molecular complexity index is 481. The molecular weight excluding hydrogens is 264 g/mol. The molecule has 0 bridgehead atoms. The number of rotatable bonds is 2. The first-order valence-electron chi connectivity index (χ1n) is 7.66. The molecule has 1 unspecified atom stereocenters. The minimum absolute atomic E-state index is 0.227. The van der Waals surface area contributed by atoms with E-state index in [1.54, 1.807) is 0 Å². The molecule has 1 fully saturated rings. The van der Waals surface area contributed by atoms with Crippen LogP contribution in [0.4, 0.5) is 4.79 Å². The van der Waals surface area contributed by atoms with Crippen molar-refractivity contribution in [2.75, 3.05) is 19.6 Å². The molecule has 21 heavy (non-hydrogen) atoms. The summed E-state index contributed by atoms with van der Waals surface area (Å²) in [7, 11) is 0. The molecule has 0 radical (unpaired) electrons. The number of piperazine rings is 1. The Hall–Kier alpha value is -1.55. The molecule has 0 aromatic heterocycles. The SMILES string of the molecule is CCC1(c2ccccc2)CNCCN1C(=O)OC(C)(C)C. The van der Waals surface area contributed by atoms with Crippen molar-refractivity contribution >= 4 is 6.09 Å². The van der Waals surface area contributed by atoms with Crippen LogP contribution < -0.4 is 5.32 Å². The van der Waals surface area contributed by atoms with Crippen LogP contribution in [0.3, 0.4) is 0 Å². The number of carbonyl (C=O) groups excluding carboxylic acids is 1. The Balaban J connectivity index is 2.34. The Morgan fingerprint density at radius 3 is 2.57 bits per heavy atom. The lowest BCUT2D eigenvalue weighted by molar-refractivity contribution is -0.0142. The first kappa shape index (κ1) is 15.8. The Morgan fingerprint density at radius 2 is 2.00 bits per heavy atom. The van der Waals surface area contributed by atoms with Crippen molar-refractivity contribution in [3.05, 3.63) is 35.9 Å². The van der Waals surface area contributed by atoms with E-state index in [9.17, 15) is 4.79 Å². The van der Waals surface area contributed by atoms with Crippen LogP contribution in [0.15, 0.2) is 30.3 Å². The largest absolute Gasteiger partial charge is 0.444 e. The predicted octanol–water partition coefficient (Wildman–Crippen LogP) is 3.13. The fourth-order valence-electron chi connectivity index (χ4n) is 2.90. The van der Waals surface area contributed by atoms with Gasteiger partial charge in [0.1, 0.15) is 5.60 Å². The number of nitrogens with one attached hydrogen (secondary N) is 1. The van der Waals surface area contributed by atoms with Gasteiger partial charge in [-0.05, 0) is 32.8 Å². The highest BCUT2D eigenvalue weighted by Crippen LogP contribution is 2.34. The van der Waals surface area contributed by atoms with E-state index in [0.717, 1.165) is 25.1 Å². The molecule has 1 saturated heterocycles. The van der Waals surface area contributed by atoms with Gasteiger partial charge in [0, 0.05) is 19.6 Å². The molecule has 4 heteroatoms. The third-order valence-corrected chi connectivity index (χ3v) is 3.96. The highest BCUT2D eigenvalue weighted by Gasteiger charge is 2.43. The molecule has 0 spiro atoms. The number of hydrogen-bond donors (Lipinski definition) is 1. The van der Waals surface area contributed by atoms with Crippen molar-refractivity contribution in [2.24, 2.45) is 0 Å². The Labute approximate surface area is 127 Å². The van der Waals surface area contributed by atoms with Crippen LogP contribution in [0.25, 0.3) is 0 Å². The summed E-state index contributed by atoms with van der Waals surface area (Å²) in [6.45, 7) is 10.1. The minimum atomic E-state index is -0.474. The van der Waals surface area contributed by atoms with Gasteiger partial charge in [-0.15, -0.1) is 0 Å².